The van der Waals surface area contributed by atoms with Crippen molar-refractivity contribution in [1.82, 2.24) is 14.8 Å². The van der Waals surface area contributed by atoms with Gasteiger partial charge in [0.25, 0.3) is 0 Å². The fourth-order valence-corrected chi connectivity index (χ4v) is 3.42. The predicted octanol–water partition coefficient (Wildman–Crippen LogP) is 3.96. The van der Waals surface area contributed by atoms with E-state index in [1.165, 1.54) is 17.3 Å². The molecule has 0 aliphatic heterocycles. The summed E-state index contributed by atoms with van der Waals surface area (Å²) < 4.78 is 7.46. The first-order valence-electron chi connectivity index (χ1n) is 8.85. The number of thioether (sulfide) groups is 1. The first kappa shape index (κ1) is 19.0. The molecule has 6 nitrogen and oxygen atoms in total. The van der Waals surface area contributed by atoms with Gasteiger partial charge in [-0.3, -0.25) is 9.36 Å². The number of amides is 1. The van der Waals surface area contributed by atoms with Crippen LogP contribution in [-0.4, -0.2) is 33.0 Å². The van der Waals surface area contributed by atoms with Crippen molar-refractivity contribution in [2.24, 2.45) is 0 Å². The van der Waals surface area contributed by atoms with Crippen molar-refractivity contribution >= 4 is 23.4 Å². The number of rotatable bonds is 8. The molecular formula is C20H22N4O2S. The van der Waals surface area contributed by atoms with Gasteiger partial charge in [-0.25, -0.2) is 0 Å². The quantitative estimate of drug-likeness (QED) is 0.597. The molecule has 2 aromatic carbocycles. The first-order valence-corrected chi connectivity index (χ1v) is 9.84. The van der Waals surface area contributed by atoms with Gasteiger partial charge in [0.05, 0.1) is 23.7 Å². The summed E-state index contributed by atoms with van der Waals surface area (Å²) in [4.78, 5) is 12.4. The Morgan fingerprint density at radius 3 is 2.74 bits per heavy atom. The zero-order valence-electron chi connectivity index (χ0n) is 15.4. The van der Waals surface area contributed by atoms with E-state index in [0.717, 1.165) is 12.1 Å². The van der Waals surface area contributed by atoms with Crippen LogP contribution >= 0.6 is 11.8 Å². The number of carbonyl (C=O) groups is 1. The van der Waals surface area contributed by atoms with Crippen molar-refractivity contribution in [3.05, 3.63) is 60.4 Å². The van der Waals surface area contributed by atoms with Crippen molar-refractivity contribution in [2.45, 2.75) is 25.4 Å². The van der Waals surface area contributed by atoms with Gasteiger partial charge in [-0.1, -0.05) is 49.0 Å². The van der Waals surface area contributed by atoms with Crippen LogP contribution in [0.3, 0.4) is 0 Å². The summed E-state index contributed by atoms with van der Waals surface area (Å²) in [6.07, 6.45) is 2.59. The molecule has 0 saturated carbocycles. The van der Waals surface area contributed by atoms with Gasteiger partial charge >= 0.3 is 0 Å². The summed E-state index contributed by atoms with van der Waals surface area (Å²) in [6, 6.07) is 15.5. The van der Waals surface area contributed by atoms with Gasteiger partial charge < -0.3 is 10.1 Å². The maximum Gasteiger partial charge on any atom is 0.234 e. The molecule has 3 rings (SSSR count). The second kappa shape index (κ2) is 9.23. The number of para-hydroxylation sites is 3. The van der Waals surface area contributed by atoms with E-state index in [4.69, 9.17) is 4.74 Å². The summed E-state index contributed by atoms with van der Waals surface area (Å²) in [5.74, 6) is 0.775. The molecule has 7 heteroatoms. The van der Waals surface area contributed by atoms with Gasteiger partial charge in [-0.15, -0.1) is 10.2 Å². The topological polar surface area (TPSA) is 69.0 Å². The molecule has 27 heavy (non-hydrogen) atoms. The number of ether oxygens (including phenoxy) is 1. The Balaban J connectivity index is 1.68. The number of hydrogen-bond donors (Lipinski definition) is 1. The molecule has 1 amide bonds. The summed E-state index contributed by atoms with van der Waals surface area (Å²) >= 11 is 1.35. The molecule has 0 atom stereocenters. The van der Waals surface area contributed by atoms with Crippen LogP contribution in [0.25, 0.3) is 5.69 Å². The second-order valence-corrected chi connectivity index (χ2v) is 6.67. The highest BCUT2D eigenvalue weighted by atomic mass is 32.2. The van der Waals surface area contributed by atoms with Crippen molar-refractivity contribution in [3.8, 4) is 11.4 Å². The van der Waals surface area contributed by atoms with Crippen molar-refractivity contribution in [1.29, 1.82) is 0 Å². The van der Waals surface area contributed by atoms with E-state index < -0.39 is 0 Å². The Morgan fingerprint density at radius 2 is 1.93 bits per heavy atom. The number of aryl methyl sites for hydroxylation is 1. The fraction of sp³-hybridized carbons (Fsp3) is 0.250. The Hall–Kier alpha value is -2.80. The number of carbonyl (C=O) groups excluding carboxylic acids is 1. The predicted molar refractivity (Wildman–Crippen MR) is 108 cm³/mol. The third-order valence-electron chi connectivity index (χ3n) is 3.94. The minimum absolute atomic E-state index is 0.120. The zero-order chi connectivity index (χ0) is 19.1. The van der Waals surface area contributed by atoms with Crippen molar-refractivity contribution in [2.75, 3.05) is 17.7 Å². The molecule has 0 aliphatic rings. The van der Waals surface area contributed by atoms with Gasteiger partial charge in [-0.05, 0) is 37.1 Å². The second-order valence-electron chi connectivity index (χ2n) is 5.73. The third-order valence-corrected chi connectivity index (χ3v) is 4.88. The maximum atomic E-state index is 12.4. The number of hydrogen-bond acceptors (Lipinski definition) is 5. The lowest BCUT2D eigenvalue weighted by atomic mass is 10.1. The van der Waals surface area contributed by atoms with E-state index in [-0.39, 0.29) is 11.7 Å². The number of nitrogens with one attached hydrogen (secondary N) is 1. The molecule has 0 saturated heterocycles. The lowest BCUT2D eigenvalue weighted by Crippen LogP contribution is -2.15. The largest absolute Gasteiger partial charge is 0.492 e. The van der Waals surface area contributed by atoms with Crippen molar-refractivity contribution < 1.29 is 9.53 Å². The summed E-state index contributed by atoms with van der Waals surface area (Å²) in [7, 11) is 0. The van der Waals surface area contributed by atoms with Crippen LogP contribution in [0.1, 0.15) is 19.4 Å². The molecule has 1 N–H and O–H groups in total. The van der Waals surface area contributed by atoms with Crippen LogP contribution in [0, 0.1) is 0 Å². The van der Waals surface area contributed by atoms with Gasteiger partial charge in [-0.2, -0.15) is 0 Å². The molecule has 0 radical (unpaired) electrons. The average Bonchev–Trinajstić information content (AvgIpc) is 3.16. The molecule has 1 aromatic heterocycles. The van der Waals surface area contributed by atoms with Gasteiger partial charge in [0.15, 0.2) is 5.16 Å². The molecule has 0 bridgehead atoms. The highest BCUT2D eigenvalue weighted by molar-refractivity contribution is 7.99. The normalized spacial score (nSPS) is 10.6. The minimum atomic E-state index is -0.120. The van der Waals surface area contributed by atoms with Crippen LogP contribution in [0.15, 0.2) is 60.0 Å². The van der Waals surface area contributed by atoms with E-state index in [0.29, 0.717) is 23.2 Å². The molecule has 0 aliphatic carbocycles. The van der Waals surface area contributed by atoms with E-state index in [9.17, 15) is 4.79 Å². The summed E-state index contributed by atoms with van der Waals surface area (Å²) in [5.41, 5.74) is 2.91. The van der Waals surface area contributed by atoms with Gasteiger partial charge in [0.2, 0.25) is 5.91 Å². The monoisotopic (exact) mass is 382 g/mol. The fourth-order valence-electron chi connectivity index (χ4n) is 2.70. The highest BCUT2D eigenvalue weighted by Gasteiger charge is 2.13. The smallest absolute Gasteiger partial charge is 0.234 e. The number of aromatic nitrogens is 3. The molecule has 0 unspecified atom stereocenters. The van der Waals surface area contributed by atoms with Crippen LogP contribution in [0.4, 0.5) is 5.69 Å². The molecule has 0 spiro atoms. The third kappa shape index (κ3) is 4.68. The minimum Gasteiger partial charge on any atom is -0.492 e. The summed E-state index contributed by atoms with van der Waals surface area (Å²) in [5, 5.41) is 11.8. The Bertz CT molecular complexity index is 910. The number of anilines is 1. The van der Waals surface area contributed by atoms with E-state index in [2.05, 4.69) is 28.5 Å². The van der Waals surface area contributed by atoms with E-state index in [1.54, 1.807) is 6.33 Å². The Kier molecular flexibility index (Phi) is 6.49. The lowest BCUT2D eigenvalue weighted by molar-refractivity contribution is -0.113. The van der Waals surface area contributed by atoms with Crippen LogP contribution < -0.4 is 10.1 Å². The average molecular weight is 382 g/mol. The van der Waals surface area contributed by atoms with E-state index in [1.807, 2.05) is 54.0 Å². The summed E-state index contributed by atoms with van der Waals surface area (Å²) in [6.45, 7) is 4.57. The Labute approximate surface area is 163 Å². The first-order chi connectivity index (χ1) is 13.2. The standard InChI is InChI=1S/C20H22N4O2S/c1-3-15-9-5-7-11-17(15)24-14-21-23-20(24)27-13-19(25)22-16-10-6-8-12-18(16)26-4-2/h5-12,14H,3-4,13H2,1-2H3,(H,22,25). The van der Waals surface area contributed by atoms with Gasteiger partial charge in [0.1, 0.15) is 12.1 Å². The zero-order valence-corrected chi connectivity index (χ0v) is 16.2. The maximum absolute atomic E-state index is 12.4. The van der Waals surface area contributed by atoms with Crippen LogP contribution in [-0.2, 0) is 11.2 Å². The number of benzene rings is 2. The molecule has 140 valence electrons. The Morgan fingerprint density at radius 1 is 1.15 bits per heavy atom. The molecule has 3 aromatic rings. The highest BCUT2D eigenvalue weighted by Crippen LogP contribution is 2.25. The molecular weight excluding hydrogens is 360 g/mol. The molecule has 0 fully saturated rings. The lowest BCUT2D eigenvalue weighted by Gasteiger charge is -2.12. The SMILES string of the molecule is CCOc1ccccc1NC(=O)CSc1nncn1-c1ccccc1CC. The molecule has 1 heterocycles. The van der Waals surface area contributed by atoms with Crippen LogP contribution in [0.5, 0.6) is 5.75 Å². The van der Waals surface area contributed by atoms with Crippen LogP contribution in [0.2, 0.25) is 0 Å². The van der Waals surface area contributed by atoms with E-state index >= 15 is 0 Å². The van der Waals surface area contributed by atoms with Gasteiger partial charge in [0, 0.05) is 0 Å². The van der Waals surface area contributed by atoms with Crippen molar-refractivity contribution in [3.63, 3.8) is 0 Å². The number of nitrogens with zero attached hydrogens (tertiary/aromatic N) is 3.